The second-order valence-corrected chi connectivity index (χ2v) is 3.61. The molecule has 0 bridgehead atoms. The van der Waals surface area contributed by atoms with Crippen molar-refractivity contribution in [3.05, 3.63) is 35.9 Å². The van der Waals surface area contributed by atoms with Crippen LogP contribution in [0, 0.1) is 0 Å². The van der Waals surface area contributed by atoms with Gasteiger partial charge in [-0.15, -0.1) is 0 Å². The maximum Gasteiger partial charge on any atom is 0.389 e. The lowest BCUT2D eigenvalue weighted by Gasteiger charge is -2.05. The second-order valence-electron chi connectivity index (χ2n) is 3.61. The highest BCUT2D eigenvalue weighted by molar-refractivity contribution is 5.95. The molecule has 0 radical (unpaired) electrons. The number of halogens is 3. The summed E-state index contributed by atoms with van der Waals surface area (Å²) in [6.45, 7) is 0. The summed E-state index contributed by atoms with van der Waals surface area (Å²) in [5, 5.41) is 0. The molecule has 16 heavy (non-hydrogen) atoms. The number of rotatable bonds is 5. The van der Waals surface area contributed by atoms with Crippen molar-refractivity contribution in [1.82, 2.24) is 0 Å². The monoisotopic (exact) mass is 230 g/mol. The highest BCUT2D eigenvalue weighted by Gasteiger charge is 2.25. The van der Waals surface area contributed by atoms with Crippen LogP contribution in [-0.2, 0) is 0 Å². The molecular formula is C12H13F3O. The van der Waals surface area contributed by atoms with Gasteiger partial charge >= 0.3 is 6.18 Å². The summed E-state index contributed by atoms with van der Waals surface area (Å²) < 4.78 is 35.5. The van der Waals surface area contributed by atoms with Gasteiger partial charge in [-0.2, -0.15) is 13.2 Å². The molecule has 1 aromatic rings. The lowest BCUT2D eigenvalue weighted by molar-refractivity contribution is -0.135. The van der Waals surface area contributed by atoms with Gasteiger partial charge in [-0.1, -0.05) is 30.3 Å². The number of carbonyl (C=O) groups is 1. The van der Waals surface area contributed by atoms with Crippen LogP contribution in [0.3, 0.4) is 0 Å². The van der Waals surface area contributed by atoms with E-state index in [2.05, 4.69) is 0 Å². The summed E-state index contributed by atoms with van der Waals surface area (Å²) in [6.07, 6.45) is -4.44. The first kappa shape index (κ1) is 12.7. The Labute approximate surface area is 92.3 Å². The first-order valence-corrected chi connectivity index (χ1v) is 5.14. The molecule has 0 heterocycles. The molecule has 0 atom stereocenters. The van der Waals surface area contributed by atoms with Crippen LogP contribution in [0.2, 0.25) is 0 Å². The molecule has 88 valence electrons. The molecule has 0 saturated heterocycles. The van der Waals surface area contributed by atoms with Crippen LogP contribution in [-0.4, -0.2) is 12.0 Å². The number of unbranched alkanes of at least 4 members (excludes halogenated alkanes) is 1. The zero-order valence-electron chi connectivity index (χ0n) is 8.76. The molecule has 0 fully saturated rings. The molecule has 0 amide bonds. The maximum atomic E-state index is 11.8. The molecule has 0 saturated carbocycles. The highest BCUT2D eigenvalue weighted by atomic mass is 19.4. The molecule has 4 heteroatoms. The van der Waals surface area contributed by atoms with Crippen LogP contribution in [0.1, 0.15) is 36.0 Å². The van der Waals surface area contributed by atoms with E-state index in [1.807, 2.05) is 0 Å². The van der Waals surface area contributed by atoms with Crippen molar-refractivity contribution in [2.75, 3.05) is 0 Å². The number of alkyl halides is 3. The van der Waals surface area contributed by atoms with Crippen LogP contribution in [0.15, 0.2) is 30.3 Å². The highest BCUT2D eigenvalue weighted by Crippen LogP contribution is 2.22. The number of Topliss-reactive ketones (excluding diaryl/α,β-unsaturated/α-hetero) is 1. The third kappa shape index (κ3) is 4.96. The van der Waals surface area contributed by atoms with Crippen molar-refractivity contribution in [2.45, 2.75) is 31.9 Å². The van der Waals surface area contributed by atoms with E-state index < -0.39 is 12.6 Å². The number of hydrogen-bond acceptors (Lipinski definition) is 1. The molecule has 1 nitrogen and oxygen atoms in total. The predicted molar refractivity (Wildman–Crippen MR) is 55.3 cm³/mol. The largest absolute Gasteiger partial charge is 0.389 e. The van der Waals surface area contributed by atoms with Gasteiger partial charge in [0.2, 0.25) is 0 Å². The molecule has 0 spiro atoms. The van der Waals surface area contributed by atoms with E-state index in [0.717, 1.165) is 0 Å². The molecule has 0 N–H and O–H groups in total. The molecule has 1 aromatic carbocycles. The maximum absolute atomic E-state index is 11.8. The van der Waals surface area contributed by atoms with Gasteiger partial charge < -0.3 is 0 Å². The summed E-state index contributed by atoms with van der Waals surface area (Å²) in [5.41, 5.74) is 0.564. The number of carbonyl (C=O) groups excluding carboxylic acids is 1. The fourth-order valence-corrected chi connectivity index (χ4v) is 1.38. The smallest absolute Gasteiger partial charge is 0.294 e. The topological polar surface area (TPSA) is 17.1 Å². The Bertz CT molecular complexity index is 330. The fourth-order valence-electron chi connectivity index (χ4n) is 1.38. The minimum Gasteiger partial charge on any atom is -0.294 e. The zero-order chi connectivity index (χ0) is 12.0. The molecule has 0 aromatic heterocycles. The van der Waals surface area contributed by atoms with E-state index in [-0.39, 0.29) is 25.0 Å². The number of hydrogen-bond donors (Lipinski definition) is 0. The second kappa shape index (κ2) is 5.68. The molecule has 0 unspecified atom stereocenters. The fraction of sp³-hybridized carbons (Fsp3) is 0.417. The summed E-state index contributed by atoms with van der Waals surface area (Å²) in [7, 11) is 0. The standard InChI is InChI=1S/C12H13F3O/c13-12(14,15)9-5-4-8-11(16)10-6-2-1-3-7-10/h1-3,6-7H,4-5,8-9H2. The van der Waals surface area contributed by atoms with Gasteiger partial charge in [-0.25, -0.2) is 0 Å². The van der Waals surface area contributed by atoms with E-state index in [4.69, 9.17) is 0 Å². The summed E-state index contributed by atoms with van der Waals surface area (Å²) in [6, 6.07) is 8.62. The molecule has 0 aliphatic heterocycles. The van der Waals surface area contributed by atoms with Crippen molar-refractivity contribution in [3.63, 3.8) is 0 Å². The Morgan fingerprint density at radius 2 is 1.69 bits per heavy atom. The van der Waals surface area contributed by atoms with Gasteiger partial charge in [-0.3, -0.25) is 4.79 Å². The Kier molecular flexibility index (Phi) is 4.52. The number of benzene rings is 1. The van der Waals surface area contributed by atoms with Gasteiger partial charge in [0.1, 0.15) is 0 Å². The van der Waals surface area contributed by atoms with Gasteiger partial charge in [0, 0.05) is 18.4 Å². The third-order valence-electron chi connectivity index (χ3n) is 2.21. The van der Waals surface area contributed by atoms with E-state index in [0.29, 0.717) is 5.56 Å². The summed E-state index contributed by atoms with van der Waals surface area (Å²) >= 11 is 0. The average molecular weight is 230 g/mol. The predicted octanol–water partition coefficient (Wildman–Crippen LogP) is 3.99. The Hall–Kier alpha value is -1.32. The molecule has 0 aliphatic rings. The molecule has 0 aliphatic carbocycles. The van der Waals surface area contributed by atoms with Gasteiger partial charge in [0.25, 0.3) is 0 Å². The van der Waals surface area contributed by atoms with Crippen molar-refractivity contribution < 1.29 is 18.0 Å². The minimum atomic E-state index is -4.12. The lowest BCUT2D eigenvalue weighted by atomic mass is 10.0. The molecular weight excluding hydrogens is 217 g/mol. The summed E-state index contributed by atoms with van der Waals surface area (Å²) in [4.78, 5) is 11.5. The van der Waals surface area contributed by atoms with Gasteiger partial charge in [0.05, 0.1) is 0 Å². The zero-order valence-corrected chi connectivity index (χ0v) is 8.76. The molecule has 1 rings (SSSR count). The van der Waals surface area contributed by atoms with Crippen LogP contribution >= 0.6 is 0 Å². The van der Waals surface area contributed by atoms with Crippen molar-refractivity contribution in [1.29, 1.82) is 0 Å². The Balaban J connectivity index is 2.27. The summed E-state index contributed by atoms with van der Waals surface area (Å²) in [5.74, 6) is -0.0947. The minimum absolute atomic E-state index is 0.0159. The Morgan fingerprint density at radius 1 is 1.06 bits per heavy atom. The van der Waals surface area contributed by atoms with Crippen molar-refractivity contribution in [3.8, 4) is 0 Å². The Morgan fingerprint density at radius 3 is 2.25 bits per heavy atom. The van der Waals surface area contributed by atoms with Crippen LogP contribution in [0.4, 0.5) is 13.2 Å². The normalized spacial score (nSPS) is 11.4. The van der Waals surface area contributed by atoms with Crippen molar-refractivity contribution >= 4 is 5.78 Å². The van der Waals surface area contributed by atoms with Crippen molar-refractivity contribution in [2.24, 2.45) is 0 Å². The van der Waals surface area contributed by atoms with E-state index in [9.17, 15) is 18.0 Å². The first-order chi connectivity index (χ1) is 7.49. The first-order valence-electron chi connectivity index (χ1n) is 5.14. The average Bonchev–Trinajstić information content (AvgIpc) is 2.24. The van der Waals surface area contributed by atoms with Crippen LogP contribution in [0.5, 0.6) is 0 Å². The van der Waals surface area contributed by atoms with E-state index in [1.54, 1.807) is 30.3 Å². The van der Waals surface area contributed by atoms with Crippen LogP contribution < -0.4 is 0 Å². The van der Waals surface area contributed by atoms with Crippen LogP contribution in [0.25, 0.3) is 0 Å². The van der Waals surface area contributed by atoms with Gasteiger partial charge in [-0.05, 0) is 12.8 Å². The number of ketones is 1. The SMILES string of the molecule is O=C(CCCCC(F)(F)F)c1ccccc1. The lowest BCUT2D eigenvalue weighted by Crippen LogP contribution is -2.07. The third-order valence-corrected chi connectivity index (χ3v) is 2.21. The van der Waals surface area contributed by atoms with Gasteiger partial charge in [0.15, 0.2) is 5.78 Å². The van der Waals surface area contributed by atoms with E-state index >= 15 is 0 Å². The quantitative estimate of drug-likeness (QED) is 0.552. The van der Waals surface area contributed by atoms with E-state index in [1.165, 1.54) is 0 Å².